The van der Waals surface area contributed by atoms with E-state index in [9.17, 15) is 0 Å². The number of unbranched alkanes of at least 4 members (excludes halogenated alkanes) is 3. The number of nitrogens with zero attached hydrogens (tertiary/aromatic N) is 1. The van der Waals surface area contributed by atoms with Gasteiger partial charge in [-0.1, -0.05) is 32.3 Å². The van der Waals surface area contributed by atoms with Gasteiger partial charge in [0.25, 0.3) is 0 Å². The highest BCUT2D eigenvalue weighted by molar-refractivity contribution is 5.44. The highest BCUT2D eigenvalue weighted by Gasteiger charge is 2.23. The molecule has 1 aromatic rings. The first-order chi connectivity index (χ1) is 11.3. The molecular weight excluding hydrogens is 288 g/mol. The number of likely N-dealkylation sites (tertiary alicyclic amines) is 1. The molecule has 1 heterocycles. The van der Waals surface area contributed by atoms with E-state index in [0.717, 1.165) is 37.6 Å². The molecule has 23 heavy (non-hydrogen) atoms. The fourth-order valence-corrected chi connectivity index (χ4v) is 3.27. The Kier molecular flexibility index (Phi) is 7.69. The van der Waals surface area contributed by atoms with Crippen molar-refractivity contribution in [3.8, 4) is 11.5 Å². The number of ether oxygens (including phenoxy) is 2. The lowest BCUT2D eigenvalue weighted by Crippen LogP contribution is -2.31. The van der Waals surface area contributed by atoms with Crippen LogP contribution >= 0.6 is 0 Å². The quantitative estimate of drug-likeness (QED) is 0.667. The summed E-state index contributed by atoms with van der Waals surface area (Å²) >= 11 is 0. The summed E-state index contributed by atoms with van der Waals surface area (Å²) in [5, 5.41) is 0. The summed E-state index contributed by atoms with van der Waals surface area (Å²) in [7, 11) is 1.69. The van der Waals surface area contributed by atoms with Crippen LogP contribution in [-0.4, -0.2) is 38.3 Å². The number of methoxy groups -OCH3 is 1. The molecule has 1 aliphatic heterocycles. The van der Waals surface area contributed by atoms with Gasteiger partial charge >= 0.3 is 0 Å². The maximum Gasteiger partial charge on any atom is 0.161 e. The normalized spacial score (nSPS) is 16.5. The van der Waals surface area contributed by atoms with E-state index in [1.54, 1.807) is 7.11 Å². The minimum Gasteiger partial charge on any atom is -0.493 e. The molecule has 0 aromatic heterocycles. The summed E-state index contributed by atoms with van der Waals surface area (Å²) in [5.41, 5.74) is 7.28. The second-order valence-electron chi connectivity index (χ2n) is 6.31. The molecule has 1 saturated heterocycles. The van der Waals surface area contributed by atoms with Gasteiger partial charge in [-0.25, -0.2) is 0 Å². The molecule has 1 aromatic carbocycles. The van der Waals surface area contributed by atoms with Crippen molar-refractivity contribution in [3.63, 3.8) is 0 Å². The van der Waals surface area contributed by atoms with E-state index < -0.39 is 0 Å². The number of benzene rings is 1. The Bertz CT molecular complexity index is 459. The van der Waals surface area contributed by atoms with Gasteiger partial charge in [-0.05, 0) is 50.0 Å². The summed E-state index contributed by atoms with van der Waals surface area (Å²) in [6, 6.07) is 6.54. The first-order valence-corrected chi connectivity index (χ1v) is 9.05. The second kappa shape index (κ2) is 9.78. The van der Waals surface area contributed by atoms with Crippen LogP contribution in [0.5, 0.6) is 11.5 Å². The smallest absolute Gasteiger partial charge is 0.161 e. The molecule has 1 unspecified atom stereocenters. The average Bonchev–Trinajstić information content (AvgIpc) is 3.10. The van der Waals surface area contributed by atoms with Crippen LogP contribution in [0.2, 0.25) is 0 Å². The van der Waals surface area contributed by atoms with Gasteiger partial charge in [0.2, 0.25) is 0 Å². The minimum atomic E-state index is 0.283. The lowest BCUT2D eigenvalue weighted by atomic mass is 10.0. The Hall–Kier alpha value is -1.26. The van der Waals surface area contributed by atoms with Gasteiger partial charge in [-0.3, -0.25) is 4.90 Å². The van der Waals surface area contributed by atoms with Gasteiger partial charge in [-0.2, -0.15) is 0 Å². The molecule has 2 rings (SSSR count). The monoisotopic (exact) mass is 320 g/mol. The summed E-state index contributed by atoms with van der Waals surface area (Å²) < 4.78 is 11.4. The van der Waals surface area contributed by atoms with E-state index in [0.29, 0.717) is 6.54 Å². The first-order valence-electron chi connectivity index (χ1n) is 9.05. The summed E-state index contributed by atoms with van der Waals surface area (Å²) in [5.74, 6) is 1.65. The zero-order valence-corrected chi connectivity index (χ0v) is 14.7. The van der Waals surface area contributed by atoms with Crippen LogP contribution in [-0.2, 0) is 0 Å². The largest absolute Gasteiger partial charge is 0.493 e. The molecule has 130 valence electrons. The van der Waals surface area contributed by atoms with Crippen LogP contribution in [0.1, 0.15) is 57.1 Å². The maximum absolute atomic E-state index is 6.05. The lowest BCUT2D eigenvalue weighted by Gasteiger charge is -2.27. The topological polar surface area (TPSA) is 47.7 Å². The maximum atomic E-state index is 6.05. The third kappa shape index (κ3) is 5.11. The Morgan fingerprint density at radius 2 is 1.91 bits per heavy atom. The third-order valence-electron chi connectivity index (χ3n) is 4.63. The fraction of sp³-hybridized carbons (Fsp3) is 0.684. The van der Waals surface area contributed by atoms with Crippen molar-refractivity contribution in [2.45, 2.75) is 51.5 Å². The van der Waals surface area contributed by atoms with Gasteiger partial charge in [-0.15, -0.1) is 0 Å². The molecular formula is C19H32N2O2. The lowest BCUT2D eigenvalue weighted by molar-refractivity contribution is 0.248. The molecule has 1 fully saturated rings. The first kappa shape index (κ1) is 18.1. The average molecular weight is 320 g/mol. The van der Waals surface area contributed by atoms with Gasteiger partial charge in [0, 0.05) is 12.6 Å². The zero-order chi connectivity index (χ0) is 16.5. The van der Waals surface area contributed by atoms with Crippen LogP contribution in [0.15, 0.2) is 18.2 Å². The number of rotatable bonds is 10. The van der Waals surface area contributed by atoms with Crippen LogP contribution in [0.25, 0.3) is 0 Å². The number of nitrogens with two attached hydrogens (primary N) is 1. The molecule has 0 bridgehead atoms. The van der Waals surface area contributed by atoms with Crippen molar-refractivity contribution in [1.82, 2.24) is 4.90 Å². The van der Waals surface area contributed by atoms with Crippen molar-refractivity contribution in [2.75, 3.05) is 33.4 Å². The molecule has 0 amide bonds. The minimum absolute atomic E-state index is 0.283. The summed E-state index contributed by atoms with van der Waals surface area (Å²) in [4.78, 5) is 2.48. The van der Waals surface area contributed by atoms with Crippen LogP contribution in [0.4, 0.5) is 0 Å². The highest BCUT2D eigenvalue weighted by atomic mass is 16.5. The van der Waals surface area contributed by atoms with Crippen molar-refractivity contribution < 1.29 is 9.47 Å². The fourth-order valence-electron chi connectivity index (χ4n) is 3.27. The Morgan fingerprint density at radius 1 is 1.13 bits per heavy atom. The molecule has 4 nitrogen and oxygen atoms in total. The molecule has 4 heteroatoms. The predicted octanol–water partition coefficient (Wildman–Crippen LogP) is 3.75. The van der Waals surface area contributed by atoms with Crippen molar-refractivity contribution in [3.05, 3.63) is 23.8 Å². The van der Waals surface area contributed by atoms with Gasteiger partial charge in [0.15, 0.2) is 11.5 Å². The summed E-state index contributed by atoms with van der Waals surface area (Å²) in [6.07, 6.45) is 7.36. The van der Waals surface area contributed by atoms with Gasteiger partial charge in [0.1, 0.15) is 0 Å². The molecule has 0 saturated carbocycles. The van der Waals surface area contributed by atoms with Crippen LogP contribution < -0.4 is 15.2 Å². The Balaban J connectivity index is 2.04. The Morgan fingerprint density at radius 3 is 2.57 bits per heavy atom. The van der Waals surface area contributed by atoms with E-state index in [1.165, 1.54) is 37.7 Å². The number of hydrogen-bond donors (Lipinski definition) is 1. The third-order valence-corrected chi connectivity index (χ3v) is 4.63. The molecule has 0 aliphatic carbocycles. The second-order valence-corrected chi connectivity index (χ2v) is 6.31. The summed E-state index contributed by atoms with van der Waals surface area (Å²) in [6.45, 7) is 5.89. The van der Waals surface area contributed by atoms with Gasteiger partial charge in [0.05, 0.1) is 13.7 Å². The van der Waals surface area contributed by atoms with Gasteiger partial charge < -0.3 is 15.2 Å². The molecule has 0 spiro atoms. The van der Waals surface area contributed by atoms with E-state index in [1.807, 2.05) is 6.07 Å². The zero-order valence-electron chi connectivity index (χ0n) is 14.7. The van der Waals surface area contributed by atoms with Crippen molar-refractivity contribution >= 4 is 0 Å². The predicted molar refractivity (Wildman–Crippen MR) is 95.2 cm³/mol. The Labute approximate surface area is 140 Å². The van der Waals surface area contributed by atoms with Crippen molar-refractivity contribution in [1.29, 1.82) is 0 Å². The van der Waals surface area contributed by atoms with E-state index >= 15 is 0 Å². The SMILES string of the molecule is CCCCCCOc1cc(C(CN)N2CCCC2)ccc1OC. The molecule has 1 atom stereocenters. The molecule has 1 aliphatic rings. The molecule has 2 N–H and O–H groups in total. The standard InChI is InChI=1S/C19H32N2O2/c1-3-4-5-8-13-23-19-14-16(9-10-18(19)22-2)17(15-20)21-11-6-7-12-21/h9-10,14,17H,3-8,11-13,15,20H2,1-2H3. The highest BCUT2D eigenvalue weighted by Crippen LogP contribution is 2.33. The van der Waals surface area contributed by atoms with Crippen LogP contribution in [0, 0.1) is 0 Å². The van der Waals surface area contributed by atoms with E-state index in [4.69, 9.17) is 15.2 Å². The van der Waals surface area contributed by atoms with E-state index in [-0.39, 0.29) is 6.04 Å². The van der Waals surface area contributed by atoms with Crippen LogP contribution in [0.3, 0.4) is 0 Å². The van der Waals surface area contributed by atoms with Crippen molar-refractivity contribution in [2.24, 2.45) is 5.73 Å². The number of hydrogen-bond acceptors (Lipinski definition) is 4. The van der Waals surface area contributed by atoms with E-state index in [2.05, 4.69) is 24.0 Å². The molecule has 0 radical (unpaired) electrons.